The molecule has 2 N–H and O–H groups in total. The summed E-state index contributed by atoms with van der Waals surface area (Å²) in [5.41, 5.74) is 6.48. The number of hydrogen-bond acceptors (Lipinski definition) is 4. The minimum atomic E-state index is 0.170. The molecule has 0 saturated heterocycles. The van der Waals surface area contributed by atoms with Crippen molar-refractivity contribution in [3.63, 3.8) is 0 Å². The summed E-state index contributed by atoms with van der Waals surface area (Å²) in [5, 5.41) is 5.68. The minimum absolute atomic E-state index is 0.170. The Morgan fingerprint density at radius 1 is 1.18 bits per heavy atom. The first-order valence-corrected chi connectivity index (χ1v) is 5.34. The van der Waals surface area contributed by atoms with Gasteiger partial charge in [-0.1, -0.05) is 29.8 Å². The van der Waals surface area contributed by atoms with Gasteiger partial charge in [0.2, 0.25) is 5.95 Å². The zero-order valence-corrected chi connectivity index (χ0v) is 9.46. The number of benzene rings is 1. The monoisotopic (exact) mass is 245 g/mol. The van der Waals surface area contributed by atoms with Gasteiger partial charge in [0, 0.05) is 5.39 Å². The largest absolute Gasteiger partial charge is 0.368 e. The maximum atomic E-state index is 6.05. The van der Waals surface area contributed by atoms with E-state index in [1.165, 1.54) is 6.20 Å². The van der Waals surface area contributed by atoms with Gasteiger partial charge < -0.3 is 5.73 Å². The molecule has 0 saturated carbocycles. The molecule has 2 aromatic heterocycles. The van der Waals surface area contributed by atoms with E-state index in [0.717, 1.165) is 10.9 Å². The van der Waals surface area contributed by atoms with Crippen LogP contribution in [-0.2, 0) is 0 Å². The Labute approximate surface area is 102 Å². The number of nitrogens with zero attached hydrogens (tertiary/aromatic N) is 4. The Morgan fingerprint density at radius 2 is 2.00 bits per heavy atom. The van der Waals surface area contributed by atoms with Gasteiger partial charge in [-0.25, -0.2) is 9.67 Å². The maximum absolute atomic E-state index is 6.05. The molecule has 6 heteroatoms. The van der Waals surface area contributed by atoms with E-state index in [9.17, 15) is 0 Å². The Balaban J connectivity index is 2.31. The van der Waals surface area contributed by atoms with Crippen LogP contribution in [0.4, 0.5) is 5.95 Å². The highest BCUT2D eigenvalue weighted by Gasteiger charge is 2.10. The van der Waals surface area contributed by atoms with Gasteiger partial charge in [0.15, 0.2) is 5.82 Å². The highest BCUT2D eigenvalue weighted by molar-refractivity contribution is 6.32. The molecule has 84 valence electrons. The number of nitrogen functional groups attached to an aromatic ring is 1. The molecule has 1 aromatic carbocycles. The van der Waals surface area contributed by atoms with E-state index in [0.29, 0.717) is 10.8 Å². The molecule has 3 rings (SSSR count). The van der Waals surface area contributed by atoms with Crippen molar-refractivity contribution < 1.29 is 0 Å². The number of nitrogens with two attached hydrogens (primary N) is 1. The number of hydrogen-bond donors (Lipinski definition) is 1. The highest BCUT2D eigenvalue weighted by Crippen LogP contribution is 2.22. The van der Waals surface area contributed by atoms with Crippen LogP contribution in [0.25, 0.3) is 16.7 Å². The van der Waals surface area contributed by atoms with Gasteiger partial charge in [0.25, 0.3) is 0 Å². The Bertz CT molecular complexity index is 691. The lowest BCUT2D eigenvalue weighted by molar-refractivity contribution is 0.869. The Hall–Kier alpha value is -2.14. The first-order chi connectivity index (χ1) is 8.25. The molecule has 0 amide bonds. The van der Waals surface area contributed by atoms with Gasteiger partial charge in [-0.2, -0.15) is 10.1 Å². The van der Waals surface area contributed by atoms with Crippen molar-refractivity contribution in [1.82, 2.24) is 19.7 Å². The number of halogens is 1. The smallest absolute Gasteiger partial charge is 0.222 e. The van der Waals surface area contributed by atoms with E-state index >= 15 is 0 Å². The first kappa shape index (κ1) is 10.0. The van der Waals surface area contributed by atoms with Crippen molar-refractivity contribution in [2.75, 3.05) is 5.73 Å². The van der Waals surface area contributed by atoms with Crippen molar-refractivity contribution in [2.45, 2.75) is 0 Å². The predicted molar refractivity (Wildman–Crippen MR) is 66.1 cm³/mol. The zero-order chi connectivity index (χ0) is 11.8. The summed E-state index contributed by atoms with van der Waals surface area (Å²) < 4.78 is 1.65. The third-order valence-electron chi connectivity index (χ3n) is 2.42. The first-order valence-electron chi connectivity index (χ1n) is 4.97. The van der Waals surface area contributed by atoms with Gasteiger partial charge in [-0.05, 0) is 6.07 Å². The summed E-state index contributed by atoms with van der Waals surface area (Å²) >= 11 is 6.05. The topological polar surface area (TPSA) is 69.6 Å². The summed E-state index contributed by atoms with van der Waals surface area (Å²) in [6.45, 7) is 0. The molecular weight excluding hydrogens is 238 g/mol. The van der Waals surface area contributed by atoms with E-state index in [2.05, 4.69) is 15.1 Å². The van der Waals surface area contributed by atoms with Crippen molar-refractivity contribution >= 4 is 28.5 Å². The Kier molecular flexibility index (Phi) is 2.19. The summed E-state index contributed by atoms with van der Waals surface area (Å²) in [4.78, 5) is 7.92. The molecule has 2 heterocycles. The lowest BCUT2D eigenvalue weighted by atomic mass is 10.2. The third kappa shape index (κ3) is 1.60. The summed E-state index contributed by atoms with van der Waals surface area (Å²) in [6.07, 6.45) is 3.22. The van der Waals surface area contributed by atoms with Crippen LogP contribution in [0.1, 0.15) is 0 Å². The van der Waals surface area contributed by atoms with Gasteiger partial charge in [-0.15, -0.1) is 0 Å². The molecule has 0 bridgehead atoms. The highest BCUT2D eigenvalue weighted by atomic mass is 35.5. The van der Waals surface area contributed by atoms with Gasteiger partial charge in [-0.3, -0.25) is 0 Å². The number of para-hydroxylation sites is 1. The second kappa shape index (κ2) is 3.71. The van der Waals surface area contributed by atoms with Crippen LogP contribution in [0.5, 0.6) is 0 Å². The normalized spacial score (nSPS) is 10.9. The lowest BCUT2D eigenvalue weighted by Crippen LogP contribution is -2.04. The molecule has 17 heavy (non-hydrogen) atoms. The summed E-state index contributed by atoms with van der Waals surface area (Å²) in [7, 11) is 0. The van der Waals surface area contributed by atoms with Crippen LogP contribution in [0.3, 0.4) is 0 Å². The van der Waals surface area contributed by atoms with E-state index in [4.69, 9.17) is 17.3 Å². The Morgan fingerprint density at radius 3 is 2.88 bits per heavy atom. The quantitative estimate of drug-likeness (QED) is 0.712. The molecule has 0 fully saturated rings. The summed E-state index contributed by atoms with van der Waals surface area (Å²) in [6, 6.07) is 7.79. The van der Waals surface area contributed by atoms with E-state index in [1.54, 1.807) is 10.9 Å². The second-order valence-corrected chi connectivity index (χ2v) is 3.92. The number of rotatable bonds is 1. The SMILES string of the molecule is Nc1ncc(Cl)c(-n2ncc3ccccc32)n1. The van der Waals surface area contributed by atoms with E-state index < -0.39 is 0 Å². The van der Waals surface area contributed by atoms with Crippen LogP contribution in [0.2, 0.25) is 5.02 Å². The number of anilines is 1. The average molecular weight is 246 g/mol. The average Bonchev–Trinajstić information content (AvgIpc) is 2.76. The fourth-order valence-corrected chi connectivity index (χ4v) is 1.83. The minimum Gasteiger partial charge on any atom is -0.368 e. The predicted octanol–water partition coefficient (Wildman–Crippen LogP) is 2.05. The molecule has 5 nitrogen and oxygen atoms in total. The third-order valence-corrected chi connectivity index (χ3v) is 2.69. The number of fused-ring (bicyclic) bond motifs is 1. The molecular formula is C11H8ClN5. The fourth-order valence-electron chi connectivity index (χ4n) is 1.66. The van der Waals surface area contributed by atoms with Crippen LogP contribution < -0.4 is 5.73 Å². The molecule has 0 aliphatic heterocycles. The fraction of sp³-hybridized carbons (Fsp3) is 0. The maximum Gasteiger partial charge on any atom is 0.222 e. The van der Waals surface area contributed by atoms with Crippen molar-refractivity contribution in [2.24, 2.45) is 0 Å². The van der Waals surface area contributed by atoms with Gasteiger partial charge >= 0.3 is 0 Å². The second-order valence-electron chi connectivity index (χ2n) is 3.51. The molecule has 0 atom stereocenters. The van der Waals surface area contributed by atoms with Crippen molar-refractivity contribution in [1.29, 1.82) is 0 Å². The molecule has 0 spiro atoms. The lowest BCUT2D eigenvalue weighted by Gasteiger charge is -2.04. The van der Waals surface area contributed by atoms with E-state index in [1.807, 2.05) is 24.3 Å². The van der Waals surface area contributed by atoms with Crippen LogP contribution in [0, 0.1) is 0 Å². The summed E-state index contributed by atoms with van der Waals surface area (Å²) in [5.74, 6) is 0.657. The zero-order valence-electron chi connectivity index (χ0n) is 8.71. The van der Waals surface area contributed by atoms with Crippen molar-refractivity contribution in [3.05, 3.63) is 41.7 Å². The number of aromatic nitrogens is 4. The molecule has 0 aliphatic carbocycles. The molecule has 0 aliphatic rings. The van der Waals surface area contributed by atoms with Crippen LogP contribution in [0.15, 0.2) is 36.7 Å². The molecule has 0 radical (unpaired) electrons. The standard InChI is InChI=1S/C11H8ClN5/c12-8-6-14-11(13)16-10(8)17-9-4-2-1-3-7(9)5-15-17/h1-6H,(H2,13,14,16). The van der Waals surface area contributed by atoms with Gasteiger partial charge in [0.05, 0.1) is 17.9 Å². The van der Waals surface area contributed by atoms with E-state index in [-0.39, 0.29) is 5.95 Å². The van der Waals surface area contributed by atoms with Crippen molar-refractivity contribution in [3.8, 4) is 5.82 Å². The van der Waals surface area contributed by atoms with Crippen LogP contribution in [-0.4, -0.2) is 19.7 Å². The van der Waals surface area contributed by atoms with Gasteiger partial charge in [0.1, 0.15) is 5.02 Å². The molecule has 0 unspecified atom stereocenters. The van der Waals surface area contributed by atoms with Crippen LogP contribution >= 0.6 is 11.6 Å². The molecule has 3 aromatic rings.